The minimum atomic E-state index is -4.37. The van der Waals surface area contributed by atoms with E-state index in [4.69, 9.17) is 0 Å². The first kappa shape index (κ1) is 17.8. The number of hydrogen-bond donors (Lipinski definition) is 1. The van der Waals surface area contributed by atoms with Gasteiger partial charge in [0.15, 0.2) is 0 Å². The molecule has 1 atom stereocenters. The maximum Gasteiger partial charge on any atom is 0.416 e. The van der Waals surface area contributed by atoms with E-state index in [1.165, 1.54) is 6.07 Å². The van der Waals surface area contributed by atoms with E-state index in [2.05, 4.69) is 5.32 Å². The molecule has 1 fully saturated rings. The molecular weight excluding hydrogens is 305 g/mol. The highest BCUT2D eigenvalue weighted by atomic mass is 35.5. The molecule has 0 radical (unpaired) electrons. The zero-order valence-corrected chi connectivity index (χ0v) is 12.4. The van der Waals surface area contributed by atoms with Crippen LogP contribution in [0.3, 0.4) is 0 Å². The summed E-state index contributed by atoms with van der Waals surface area (Å²) in [5.74, 6) is -0.127. The third kappa shape index (κ3) is 4.61. The van der Waals surface area contributed by atoms with Crippen molar-refractivity contribution in [1.29, 1.82) is 0 Å². The van der Waals surface area contributed by atoms with Gasteiger partial charge in [0.2, 0.25) is 5.91 Å². The Morgan fingerprint density at radius 2 is 2.14 bits per heavy atom. The molecule has 1 aromatic carbocycles. The van der Waals surface area contributed by atoms with Gasteiger partial charge in [-0.05, 0) is 18.6 Å². The summed E-state index contributed by atoms with van der Waals surface area (Å²) in [5.41, 5.74) is -0.313. The van der Waals surface area contributed by atoms with Crippen LogP contribution in [0.1, 0.15) is 18.1 Å². The highest BCUT2D eigenvalue weighted by Crippen LogP contribution is 2.29. The smallest absolute Gasteiger partial charge is 0.337 e. The van der Waals surface area contributed by atoms with Gasteiger partial charge in [-0.2, -0.15) is 13.2 Å². The first-order chi connectivity index (χ1) is 9.38. The van der Waals surface area contributed by atoms with E-state index in [-0.39, 0.29) is 30.8 Å². The van der Waals surface area contributed by atoms with E-state index in [0.29, 0.717) is 18.7 Å². The molecule has 0 bridgehead atoms. The molecule has 3 nitrogen and oxygen atoms in total. The Balaban J connectivity index is 0.00000220. The van der Waals surface area contributed by atoms with Crippen molar-refractivity contribution in [3.63, 3.8) is 0 Å². The molecule has 118 valence electrons. The Morgan fingerprint density at radius 1 is 1.43 bits per heavy atom. The van der Waals surface area contributed by atoms with Crippen molar-refractivity contribution in [3.8, 4) is 0 Å². The molecule has 0 aromatic heterocycles. The molecule has 0 saturated carbocycles. The number of piperazine rings is 1. The Hall–Kier alpha value is -1.27. The van der Waals surface area contributed by atoms with Crippen LogP contribution < -0.4 is 5.32 Å². The summed E-state index contributed by atoms with van der Waals surface area (Å²) in [6, 6.07) is 5.03. The van der Waals surface area contributed by atoms with Crippen LogP contribution in [0.2, 0.25) is 0 Å². The summed E-state index contributed by atoms with van der Waals surface area (Å²) in [6.07, 6.45) is -4.37. The standard InChI is InChI=1S/C14H17F3N2O.ClH/c1-10-9-18-5-6-19(10)13(20)8-11-3-2-4-12(7-11)14(15,16)17;/h2-4,7,10,18H,5-6,8-9H2,1H3;1H/t10-;/m0./s1. The van der Waals surface area contributed by atoms with Crippen LogP contribution in [-0.4, -0.2) is 36.5 Å². The maximum atomic E-state index is 12.6. The highest BCUT2D eigenvalue weighted by molar-refractivity contribution is 5.85. The van der Waals surface area contributed by atoms with E-state index >= 15 is 0 Å². The zero-order chi connectivity index (χ0) is 14.8. The average Bonchev–Trinajstić information content (AvgIpc) is 2.38. The Labute approximate surface area is 127 Å². The lowest BCUT2D eigenvalue weighted by Gasteiger charge is -2.34. The van der Waals surface area contributed by atoms with Crippen LogP contribution in [0.25, 0.3) is 0 Å². The number of nitrogens with one attached hydrogen (secondary N) is 1. The fraction of sp³-hybridized carbons (Fsp3) is 0.500. The van der Waals surface area contributed by atoms with Crippen molar-refractivity contribution in [3.05, 3.63) is 35.4 Å². The van der Waals surface area contributed by atoms with E-state index < -0.39 is 11.7 Å². The van der Waals surface area contributed by atoms with Crippen LogP contribution in [0.5, 0.6) is 0 Å². The van der Waals surface area contributed by atoms with Crippen molar-refractivity contribution in [1.82, 2.24) is 10.2 Å². The van der Waals surface area contributed by atoms with Crippen molar-refractivity contribution in [2.45, 2.75) is 25.6 Å². The first-order valence-electron chi connectivity index (χ1n) is 6.54. The zero-order valence-electron chi connectivity index (χ0n) is 11.6. The van der Waals surface area contributed by atoms with Crippen molar-refractivity contribution in [2.24, 2.45) is 0 Å². The third-order valence-corrected chi connectivity index (χ3v) is 3.43. The molecular formula is C14H18ClF3N2O. The number of alkyl halides is 3. The van der Waals surface area contributed by atoms with E-state index in [0.717, 1.165) is 18.7 Å². The number of amides is 1. The van der Waals surface area contributed by atoms with Crippen LogP contribution >= 0.6 is 12.4 Å². The lowest BCUT2D eigenvalue weighted by molar-refractivity contribution is -0.138. The lowest BCUT2D eigenvalue weighted by Crippen LogP contribution is -2.52. The summed E-state index contributed by atoms with van der Waals surface area (Å²) in [6.45, 7) is 3.96. The summed E-state index contributed by atoms with van der Waals surface area (Å²) in [5, 5.41) is 3.17. The summed E-state index contributed by atoms with van der Waals surface area (Å²) in [7, 11) is 0. The van der Waals surface area contributed by atoms with E-state index in [9.17, 15) is 18.0 Å². The third-order valence-electron chi connectivity index (χ3n) is 3.43. The van der Waals surface area contributed by atoms with Gasteiger partial charge in [0, 0.05) is 25.7 Å². The minimum Gasteiger partial charge on any atom is -0.337 e. The molecule has 1 amide bonds. The molecule has 1 aromatic rings. The van der Waals surface area contributed by atoms with Crippen molar-refractivity contribution < 1.29 is 18.0 Å². The molecule has 21 heavy (non-hydrogen) atoms. The molecule has 7 heteroatoms. The summed E-state index contributed by atoms with van der Waals surface area (Å²) >= 11 is 0. The topological polar surface area (TPSA) is 32.3 Å². The average molecular weight is 323 g/mol. The van der Waals surface area contributed by atoms with Gasteiger partial charge in [-0.3, -0.25) is 4.79 Å². The van der Waals surface area contributed by atoms with Gasteiger partial charge in [-0.1, -0.05) is 18.2 Å². The van der Waals surface area contributed by atoms with Gasteiger partial charge in [-0.15, -0.1) is 12.4 Å². The molecule has 0 unspecified atom stereocenters. The quantitative estimate of drug-likeness (QED) is 0.907. The fourth-order valence-corrected chi connectivity index (χ4v) is 2.35. The number of nitrogens with zero attached hydrogens (tertiary/aromatic N) is 1. The SMILES string of the molecule is C[C@H]1CNCCN1C(=O)Cc1cccc(C(F)(F)F)c1.Cl. The highest BCUT2D eigenvalue weighted by Gasteiger charge is 2.30. The van der Waals surface area contributed by atoms with Gasteiger partial charge in [0.1, 0.15) is 0 Å². The molecule has 1 N–H and O–H groups in total. The van der Waals surface area contributed by atoms with Gasteiger partial charge in [0.25, 0.3) is 0 Å². The second-order valence-corrected chi connectivity index (χ2v) is 5.02. The summed E-state index contributed by atoms with van der Waals surface area (Å²) in [4.78, 5) is 13.9. The molecule has 0 aliphatic carbocycles. The van der Waals surface area contributed by atoms with Gasteiger partial charge < -0.3 is 10.2 Å². The molecule has 1 aliphatic heterocycles. The number of hydrogen-bond acceptors (Lipinski definition) is 2. The monoisotopic (exact) mass is 322 g/mol. The maximum absolute atomic E-state index is 12.6. The fourth-order valence-electron chi connectivity index (χ4n) is 2.35. The van der Waals surface area contributed by atoms with E-state index in [1.807, 2.05) is 6.92 Å². The molecule has 1 heterocycles. The van der Waals surface area contributed by atoms with Crippen LogP contribution in [0.4, 0.5) is 13.2 Å². The first-order valence-corrected chi connectivity index (χ1v) is 6.54. The predicted molar refractivity (Wildman–Crippen MR) is 76.4 cm³/mol. The second-order valence-electron chi connectivity index (χ2n) is 5.02. The number of halogens is 4. The summed E-state index contributed by atoms with van der Waals surface area (Å²) < 4.78 is 37.9. The lowest BCUT2D eigenvalue weighted by atomic mass is 10.1. The molecule has 0 spiro atoms. The minimum absolute atomic E-state index is 0. The Bertz CT molecular complexity index is 493. The van der Waals surface area contributed by atoms with Crippen molar-refractivity contribution >= 4 is 18.3 Å². The van der Waals surface area contributed by atoms with Gasteiger partial charge in [0.05, 0.1) is 12.0 Å². The van der Waals surface area contributed by atoms with Crippen LogP contribution in [-0.2, 0) is 17.4 Å². The number of carbonyl (C=O) groups is 1. The normalized spacial score (nSPS) is 19.0. The van der Waals surface area contributed by atoms with Gasteiger partial charge >= 0.3 is 6.18 Å². The molecule has 1 aliphatic rings. The largest absolute Gasteiger partial charge is 0.416 e. The second kappa shape index (κ2) is 7.13. The van der Waals surface area contributed by atoms with Crippen LogP contribution in [0.15, 0.2) is 24.3 Å². The number of carbonyl (C=O) groups excluding carboxylic acids is 1. The van der Waals surface area contributed by atoms with Gasteiger partial charge in [-0.25, -0.2) is 0 Å². The molecule has 2 rings (SSSR count). The van der Waals surface area contributed by atoms with Crippen molar-refractivity contribution in [2.75, 3.05) is 19.6 Å². The predicted octanol–water partition coefficient (Wildman–Crippen LogP) is 2.49. The number of benzene rings is 1. The number of rotatable bonds is 2. The Kier molecular flexibility index (Phi) is 6.04. The van der Waals surface area contributed by atoms with E-state index in [1.54, 1.807) is 11.0 Å². The van der Waals surface area contributed by atoms with Crippen LogP contribution in [0, 0.1) is 0 Å². The Morgan fingerprint density at radius 3 is 2.76 bits per heavy atom. The molecule has 1 saturated heterocycles.